The second kappa shape index (κ2) is 7.48. The van der Waals surface area contributed by atoms with Crippen LogP contribution in [0, 0.1) is 6.92 Å². The third-order valence-corrected chi connectivity index (χ3v) is 6.78. The average Bonchev–Trinajstić information content (AvgIpc) is 3.39. The van der Waals surface area contributed by atoms with Gasteiger partial charge in [-0.15, -0.1) is 0 Å². The van der Waals surface area contributed by atoms with Gasteiger partial charge >= 0.3 is 5.97 Å². The van der Waals surface area contributed by atoms with Gasteiger partial charge in [0.15, 0.2) is 0 Å². The van der Waals surface area contributed by atoms with E-state index in [0.29, 0.717) is 30.1 Å². The minimum absolute atomic E-state index is 0.0579. The molecule has 9 heteroatoms. The predicted octanol–water partition coefficient (Wildman–Crippen LogP) is 1.33. The van der Waals surface area contributed by atoms with Crippen LogP contribution in [0.5, 0.6) is 5.75 Å². The number of benzene rings is 1. The highest BCUT2D eigenvalue weighted by molar-refractivity contribution is 6.18. The van der Waals surface area contributed by atoms with Crippen LogP contribution in [0.2, 0.25) is 0 Å². The summed E-state index contributed by atoms with van der Waals surface area (Å²) in [7, 11) is 2.81. The normalized spacial score (nSPS) is 23.5. The fraction of sp³-hybridized carbons (Fsp3) is 0.375. The Morgan fingerprint density at radius 3 is 2.76 bits per heavy atom. The Balaban J connectivity index is 1.86. The first-order chi connectivity index (χ1) is 15.8. The zero-order chi connectivity index (χ0) is 23.5. The number of nitrogens with zero attached hydrogens (tertiary/aromatic N) is 2. The van der Waals surface area contributed by atoms with Gasteiger partial charge in [-0.2, -0.15) is 0 Å². The average molecular weight is 451 g/mol. The fourth-order valence-electron chi connectivity index (χ4n) is 5.26. The molecule has 1 aromatic carbocycles. The van der Waals surface area contributed by atoms with E-state index in [-0.39, 0.29) is 28.9 Å². The van der Waals surface area contributed by atoms with Crippen LogP contribution in [0.4, 0.5) is 5.69 Å². The Hall–Kier alpha value is -3.59. The number of para-hydroxylation sites is 1. The lowest BCUT2D eigenvalue weighted by atomic mass is 9.68. The first kappa shape index (κ1) is 21.3. The van der Waals surface area contributed by atoms with Crippen molar-refractivity contribution in [1.82, 2.24) is 4.57 Å². The minimum Gasteiger partial charge on any atom is -0.465 e. The van der Waals surface area contributed by atoms with Crippen LogP contribution in [-0.2, 0) is 31.0 Å². The molecule has 2 N–H and O–H groups in total. The van der Waals surface area contributed by atoms with Gasteiger partial charge in [0.2, 0.25) is 11.8 Å². The Morgan fingerprint density at radius 2 is 2.06 bits per heavy atom. The minimum atomic E-state index is -1.78. The molecule has 1 aromatic heterocycles. The molecule has 5 rings (SSSR count). The molecule has 0 saturated carbocycles. The summed E-state index contributed by atoms with van der Waals surface area (Å²) in [5.74, 6) is -1.41. The Kier molecular flexibility index (Phi) is 4.82. The summed E-state index contributed by atoms with van der Waals surface area (Å²) in [6.07, 6.45) is 1.67. The van der Waals surface area contributed by atoms with E-state index >= 15 is 0 Å². The van der Waals surface area contributed by atoms with Crippen molar-refractivity contribution in [2.24, 2.45) is 5.73 Å². The molecule has 0 radical (unpaired) electrons. The molecule has 0 aliphatic carbocycles. The van der Waals surface area contributed by atoms with E-state index in [1.165, 1.54) is 12.0 Å². The summed E-state index contributed by atoms with van der Waals surface area (Å²) in [5, 5.41) is 0. The Labute approximate surface area is 190 Å². The van der Waals surface area contributed by atoms with Crippen LogP contribution in [0.15, 0.2) is 46.6 Å². The van der Waals surface area contributed by atoms with Crippen LogP contribution < -0.4 is 20.9 Å². The maximum atomic E-state index is 14.0. The van der Waals surface area contributed by atoms with Crippen molar-refractivity contribution in [2.45, 2.75) is 37.8 Å². The number of hydrogen-bond acceptors (Lipinski definition) is 7. The first-order valence-electron chi connectivity index (χ1n) is 10.8. The summed E-state index contributed by atoms with van der Waals surface area (Å²) in [6, 6.07) is 8.72. The number of carbonyl (C=O) groups is 2. The zero-order valence-electron chi connectivity index (χ0n) is 18.7. The van der Waals surface area contributed by atoms with E-state index in [9.17, 15) is 14.4 Å². The number of methoxy groups -OCH3 is 1. The smallest absolute Gasteiger partial charge is 0.340 e. The number of hydrogen-bond donors (Lipinski definition) is 1. The van der Waals surface area contributed by atoms with Crippen LogP contribution in [0.25, 0.3) is 0 Å². The molecule has 3 aliphatic rings. The number of fused-ring (bicyclic) bond motifs is 4. The second-order valence-corrected chi connectivity index (χ2v) is 8.54. The van der Waals surface area contributed by atoms with Gasteiger partial charge in [-0.25, -0.2) is 4.79 Å². The number of aromatic nitrogens is 1. The molecule has 1 amide bonds. The number of aryl methyl sites for hydroxylation is 1. The van der Waals surface area contributed by atoms with Crippen LogP contribution in [0.1, 0.15) is 29.7 Å². The third kappa shape index (κ3) is 2.78. The van der Waals surface area contributed by atoms with E-state index in [1.54, 1.807) is 48.9 Å². The highest BCUT2D eigenvalue weighted by Gasteiger charge is 2.62. The third-order valence-electron chi connectivity index (χ3n) is 6.78. The highest BCUT2D eigenvalue weighted by Crippen LogP contribution is 2.54. The summed E-state index contributed by atoms with van der Waals surface area (Å²) in [4.78, 5) is 42.5. The Bertz CT molecular complexity index is 1270. The van der Waals surface area contributed by atoms with Crippen molar-refractivity contribution in [2.75, 3.05) is 25.7 Å². The Morgan fingerprint density at radius 1 is 1.30 bits per heavy atom. The molecular weight excluding hydrogens is 426 g/mol. The molecule has 172 valence electrons. The van der Waals surface area contributed by atoms with Gasteiger partial charge in [0, 0.05) is 36.7 Å². The molecule has 9 nitrogen and oxygen atoms in total. The van der Waals surface area contributed by atoms with Crippen molar-refractivity contribution in [3.8, 4) is 5.75 Å². The summed E-state index contributed by atoms with van der Waals surface area (Å²) >= 11 is 0. The predicted molar refractivity (Wildman–Crippen MR) is 119 cm³/mol. The number of pyridine rings is 1. The van der Waals surface area contributed by atoms with Gasteiger partial charge in [0.05, 0.1) is 25.3 Å². The quantitative estimate of drug-likeness (QED) is 0.701. The van der Waals surface area contributed by atoms with E-state index in [1.807, 2.05) is 0 Å². The number of ether oxygens (including phenoxy) is 3. The fourth-order valence-corrected chi connectivity index (χ4v) is 5.26. The van der Waals surface area contributed by atoms with E-state index in [4.69, 9.17) is 19.9 Å². The molecule has 1 fully saturated rings. The maximum absolute atomic E-state index is 14.0. The number of esters is 1. The van der Waals surface area contributed by atoms with Crippen molar-refractivity contribution in [1.29, 1.82) is 0 Å². The number of carbonyl (C=O) groups excluding carboxylic acids is 2. The van der Waals surface area contributed by atoms with Gasteiger partial charge < -0.3 is 29.4 Å². The number of rotatable bonds is 3. The van der Waals surface area contributed by atoms with E-state index < -0.39 is 22.9 Å². The first-order valence-corrected chi connectivity index (χ1v) is 10.8. The van der Waals surface area contributed by atoms with Crippen LogP contribution in [0.3, 0.4) is 0 Å². The SMILES string of the molecule is COC(=O)C1=C(N)Oc2cc(C)n(C[C@@H]3CCCO3)c(=O)c2[C@@]12C(=O)N(C)c1ccccc12. The van der Waals surface area contributed by atoms with Gasteiger partial charge in [-0.05, 0) is 25.8 Å². The largest absolute Gasteiger partial charge is 0.465 e. The summed E-state index contributed by atoms with van der Waals surface area (Å²) in [6.45, 7) is 2.78. The lowest BCUT2D eigenvalue weighted by molar-refractivity contribution is -0.138. The van der Waals surface area contributed by atoms with Crippen molar-refractivity contribution < 1.29 is 23.8 Å². The topological polar surface area (TPSA) is 113 Å². The monoisotopic (exact) mass is 451 g/mol. The van der Waals surface area contributed by atoms with Crippen molar-refractivity contribution in [3.63, 3.8) is 0 Å². The molecule has 1 saturated heterocycles. The molecule has 0 unspecified atom stereocenters. The van der Waals surface area contributed by atoms with Crippen molar-refractivity contribution in [3.05, 3.63) is 69.0 Å². The summed E-state index contributed by atoms with van der Waals surface area (Å²) in [5.41, 5.74) is 5.59. The van der Waals surface area contributed by atoms with E-state index in [2.05, 4.69) is 0 Å². The number of likely N-dealkylation sites (N-methyl/N-ethyl adjacent to an activating group) is 1. The highest BCUT2D eigenvalue weighted by atomic mass is 16.5. The molecule has 33 heavy (non-hydrogen) atoms. The lowest BCUT2D eigenvalue weighted by Gasteiger charge is -2.35. The number of nitrogens with two attached hydrogens (primary N) is 1. The van der Waals surface area contributed by atoms with Crippen LogP contribution >= 0.6 is 0 Å². The van der Waals surface area contributed by atoms with Gasteiger partial charge in [-0.1, -0.05) is 18.2 Å². The van der Waals surface area contributed by atoms with Gasteiger partial charge in [0.25, 0.3) is 5.56 Å². The molecule has 2 atom stereocenters. The maximum Gasteiger partial charge on any atom is 0.340 e. The number of anilines is 1. The molecule has 2 aromatic rings. The molecule has 3 aliphatic heterocycles. The van der Waals surface area contributed by atoms with Gasteiger partial charge in [0.1, 0.15) is 16.7 Å². The summed E-state index contributed by atoms with van der Waals surface area (Å²) < 4.78 is 18.1. The molecule has 0 bridgehead atoms. The standard InChI is InChI=1S/C24H25N3O6/c1-13-11-17-18(21(28)27(13)12-14-7-6-10-32-14)24(19(20(25)33-17)22(29)31-3)15-8-4-5-9-16(15)26(2)23(24)30/h4-5,8-9,11,14H,6-7,10,12,25H2,1-3H3/t14-,24+/m0/s1. The lowest BCUT2D eigenvalue weighted by Crippen LogP contribution is -2.51. The van der Waals surface area contributed by atoms with Crippen molar-refractivity contribution >= 4 is 17.6 Å². The van der Waals surface area contributed by atoms with E-state index in [0.717, 1.165) is 12.8 Å². The zero-order valence-corrected chi connectivity index (χ0v) is 18.7. The molecule has 1 spiro atoms. The molecular formula is C24H25N3O6. The second-order valence-electron chi connectivity index (χ2n) is 8.54. The van der Waals surface area contributed by atoms with Gasteiger partial charge in [-0.3, -0.25) is 9.59 Å². The van der Waals surface area contributed by atoms with Crippen LogP contribution in [-0.4, -0.2) is 43.3 Å². The number of amides is 1. The molecule has 4 heterocycles.